The quantitative estimate of drug-likeness (QED) is 0.0405. The van der Waals surface area contributed by atoms with Crippen LogP contribution in [-0.2, 0) is 25.7 Å². The molecule has 0 heterocycles. The van der Waals surface area contributed by atoms with E-state index in [-0.39, 0.29) is 9.79 Å². The van der Waals surface area contributed by atoms with Crippen LogP contribution in [0.25, 0.3) is 0 Å². The summed E-state index contributed by atoms with van der Waals surface area (Å²) in [6.45, 7) is 2.10. The Morgan fingerprint density at radius 2 is 1.00 bits per heavy atom. The summed E-state index contributed by atoms with van der Waals surface area (Å²) >= 11 is 8.47. The lowest BCUT2D eigenvalue weighted by Gasteiger charge is -2.37. The molecule has 0 saturated heterocycles. The first-order chi connectivity index (χ1) is 21.4. The van der Waals surface area contributed by atoms with Crippen molar-refractivity contribution in [2.45, 2.75) is 84.5 Å². The highest BCUT2D eigenvalue weighted by Gasteiger charge is 2.50. The Kier molecular flexibility index (Phi) is 12.5. The maximum atomic E-state index is 13.0. The average Bonchev–Trinajstić information content (AvgIpc) is 2.96. The van der Waals surface area contributed by atoms with Crippen LogP contribution in [0.3, 0.4) is 0 Å². The molecule has 0 spiro atoms. The molecule has 0 aromatic heterocycles. The van der Waals surface area contributed by atoms with Crippen molar-refractivity contribution < 1.29 is 51.5 Å². The van der Waals surface area contributed by atoms with Gasteiger partial charge in [0.15, 0.2) is 11.5 Å². The molecule has 3 rings (SSSR count). The maximum absolute atomic E-state index is 13.0. The van der Waals surface area contributed by atoms with Crippen LogP contribution < -0.4 is 8.37 Å². The first-order valence-electron chi connectivity index (χ1n) is 14.1. The Bertz CT molecular complexity index is 1600. The van der Waals surface area contributed by atoms with Crippen LogP contribution in [0, 0.1) is 0 Å². The number of benzene rings is 3. The number of thiol groups is 2. The number of unbranched alkanes of at least 4 members (excludes halogenated alkanes) is 6. The molecule has 3 aromatic rings. The summed E-state index contributed by atoms with van der Waals surface area (Å²) < 4.78 is 133. The number of hydrogen-bond acceptors (Lipinski definition) is 8. The van der Waals surface area contributed by atoms with Crippen LogP contribution in [-0.4, -0.2) is 27.9 Å². The highest BCUT2D eigenvalue weighted by atomic mass is 32.2. The largest absolute Gasteiger partial charge is 0.534 e. The van der Waals surface area contributed by atoms with Crippen molar-refractivity contribution in [1.82, 2.24) is 0 Å². The maximum Gasteiger partial charge on any atom is 0.534 e. The van der Waals surface area contributed by atoms with E-state index in [0.29, 0.717) is 29.5 Å². The molecule has 0 aliphatic rings. The Labute approximate surface area is 275 Å². The van der Waals surface area contributed by atoms with Crippen molar-refractivity contribution in [3.05, 3.63) is 83.4 Å². The van der Waals surface area contributed by atoms with Crippen LogP contribution in [0.1, 0.15) is 75.0 Å². The second-order valence-corrected chi connectivity index (χ2v) is 14.5. The number of hydrogen-bond donors (Lipinski definition) is 2. The zero-order valence-electron chi connectivity index (χ0n) is 24.4. The van der Waals surface area contributed by atoms with E-state index in [1.165, 1.54) is 24.3 Å². The topological polar surface area (TPSA) is 86.7 Å². The van der Waals surface area contributed by atoms with Gasteiger partial charge in [0.05, 0.1) is 0 Å². The molecule has 0 atom stereocenters. The van der Waals surface area contributed by atoms with Crippen LogP contribution in [0.15, 0.2) is 76.5 Å². The summed E-state index contributed by atoms with van der Waals surface area (Å²) in [4.78, 5) is -0.458. The van der Waals surface area contributed by atoms with Gasteiger partial charge < -0.3 is 8.37 Å². The third-order valence-electron chi connectivity index (χ3n) is 7.29. The van der Waals surface area contributed by atoms with Crippen molar-refractivity contribution >= 4 is 45.5 Å². The summed E-state index contributed by atoms with van der Waals surface area (Å²) in [6.07, 6.45) is 6.98. The van der Waals surface area contributed by atoms with Gasteiger partial charge in [0.1, 0.15) is 0 Å². The molecule has 0 saturated carbocycles. The van der Waals surface area contributed by atoms with E-state index in [1.807, 2.05) is 0 Å². The van der Waals surface area contributed by atoms with Gasteiger partial charge in [-0.05, 0) is 47.4 Å². The first-order valence-corrected chi connectivity index (χ1v) is 17.8. The average molecular weight is 731 g/mol. The predicted molar refractivity (Wildman–Crippen MR) is 168 cm³/mol. The van der Waals surface area contributed by atoms with E-state index in [2.05, 4.69) is 40.5 Å². The third kappa shape index (κ3) is 8.86. The third-order valence-corrected chi connectivity index (χ3v) is 9.92. The van der Waals surface area contributed by atoms with Crippen LogP contribution in [0.4, 0.5) is 26.3 Å². The Balaban J connectivity index is 2.18. The summed E-state index contributed by atoms with van der Waals surface area (Å²) in [7, 11) is -12.0. The van der Waals surface area contributed by atoms with Crippen LogP contribution in [0.2, 0.25) is 0 Å². The van der Waals surface area contributed by atoms with Crippen molar-refractivity contribution in [1.29, 1.82) is 0 Å². The lowest BCUT2D eigenvalue weighted by Crippen LogP contribution is -2.31. The number of alkyl halides is 6. The summed E-state index contributed by atoms with van der Waals surface area (Å²) in [6, 6.07) is 16.4. The van der Waals surface area contributed by atoms with E-state index in [9.17, 15) is 43.2 Å². The molecule has 16 heteroatoms. The second-order valence-electron chi connectivity index (χ2n) is 10.5. The van der Waals surface area contributed by atoms with Gasteiger partial charge in [-0.25, -0.2) is 0 Å². The SMILES string of the molecule is CCCCCCCCCC(c1ccccc1)(c1ccc(OS(=O)(=O)C(F)(F)F)c(S)c1)c1ccc(OS(=O)(=O)C(F)(F)F)c(S)c1. The van der Waals surface area contributed by atoms with Crippen LogP contribution in [0.5, 0.6) is 11.5 Å². The molecule has 0 aliphatic carbocycles. The molecule has 0 bridgehead atoms. The fourth-order valence-electron chi connectivity index (χ4n) is 5.04. The molecule has 0 aliphatic heterocycles. The van der Waals surface area contributed by atoms with Gasteiger partial charge in [-0.3, -0.25) is 0 Å². The zero-order valence-corrected chi connectivity index (χ0v) is 27.9. The lowest BCUT2D eigenvalue weighted by atomic mass is 9.66. The molecular weight excluding hydrogens is 699 g/mol. The summed E-state index contributed by atoms with van der Waals surface area (Å²) in [5, 5.41) is 0. The van der Waals surface area contributed by atoms with Gasteiger partial charge in [-0.15, -0.1) is 25.3 Å². The second kappa shape index (κ2) is 15.1. The minimum absolute atomic E-state index is 0.229. The smallest absolute Gasteiger partial charge is 0.375 e. The highest BCUT2D eigenvalue weighted by Crippen LogP contribution is 2.47. The Hall–Kier alpha value is -2.56. The van der Waals surface area contributed by atoms with Crippen LogP contribution >= 0.6 is 25.3 Å². The van der Waals surface area contributed by atoms with E-state index >= 15 is 0 Å². The number of rotatable bonds is 15. The molecule has 46 heavy (non-hydrogen) atoms. The standard InChI is InChI=1S/C30H32F6O6S4/c1-2-3-4-5-6-7-11-18-28(21-12-9-8-10-13-21,22-14-16-24(26(43)19-22)41-45(37,38)29(31,32)33)23-15-17-25(27(44)20-23)42-46(39,40)30(34,35)36/h8-10,12-17,19-20,43-44H,2-7,11,18H2,1H3. The van der Waals surface area contributed by atoms with E-state index < -0.39 is 48.2 Å². The molecule has 0 unspecified atom stereocenters. The normalized spacial score (nSPS) is 13.1. The lowest BCUT2D eigenvalue weighted by molar-refractivity contribution is -0.0505. The fraction of sp³-hybridized carbons (Fsp3) is 0.400. The van der Waals surface area contributed by atoms with Crippen molar-refractivity contribution in [3.63, 3.8) is 0 Å². The Morgan fingerprint density at radius 1 is 0.587 bits per heavy atom. The minimum Gasteiger partial charge on any atom is -0.375 e. The van der Waals surface area contributed by atoms with E-state index in [1.54, 1.807) is 30.3 Å². The predicted octanol–water partition coefficient (Wildman–Crippen LogP) is 9.20. The van der Waals surface area contributed by atoms with Crippen molar-refractivity contribution in [3.8, 4) is 11.5 Å². The molecule has 0 fully saturated rings. The summed E-state index contributed by atoms with van der Waals surface area (Å²) in [5.74, 6) is -1.34. The Morgan fingerprint density at radius 3 is 1.39 bits per heavy atom. The number of halogens is 6. The zero-order chi connectivity index (χ0) is 34.4. The van der Waals surface area contributed by atoms with Gasteiger partial charge in [-0.2, -0.15) is 43.2 Å². The molecule has 254 valence electrons. The van der Waals surface area contributed by atoms with E-state index in [0.717, 1.165) is 50.7 Å². The monoisotopic (exact) mass is 730 g/mol. The molecule has 3 aromatic carbocycles. The fourth-order valence-corrected chi connectivity index (χ4v) is 6.63. The molecule has 6 nitrogen and oxygen atoms in total. The molecule has 0 amide bonds. The van der Waals surface area contributed by atoms with Crippen molar-refractivity contribution in [2.24, 2.45) is 0 Å². The van der Waals surface area contributed by atoms with Gasteiger partial charge in [-0.1, -0.05) is 94.3 Å². The minimum atomic E-state index is -5.99. The van der Waals surface area contributed by atoms with Gasteiger partial charge in [0, 0.05) is 15.2 Å². The summed E-state index contributed by atoms with van der Waals surface area (Å²) in [5.41, 5.74) is -10.9. The van der Waals surface area contributed by atoms with Crippen molar-refractivity contribution in [2.75, 3.05) is 0 Å². The molecular formula is C30H32F6O6S4. The molecule has 0 radical (unpaired) electrons. The molecule has 0 N–H and O–H groups in total. The van der Waals surface area contributed by atoms with Gasteiger partial charge in [0.25, 0.3) is 0 Å². The highest BCUT2D eigenvalue weighted by molar-refractivity contribution is 7.88. The van der Waals surface area contributed by atoms with Gasteiger partial charge in [0.2, 0.25) is 0 Å². The first kappa shape index (κ1) is 37.9. The van der Waals surface area contributed by atoms with E-state index in [4.69, 9.17) is 0 Å². The van der Waals surface area contributed by atoms with Gasteiger partial charge >= 0.3 is 31.3 Å².